The van der Waals surface area contributed by atoms with Crippen LogP contribution in [0, 0.1) is 12.8 Å². The summed E-state index contributed by atoms with van der Waals surface area (Å²) in [5.74, 6) is -1.22. The monoisotopic (exact) mass is 276 g/mol. The fraction of sp³-hybridized carbons (Fsp3) is 0.467. The molecule has 0 heterocycles. The van der Waals surface area contributed by atoms with E-state index in [0.717, 1.165) is 18.4 Å². The summed E-state index contributed by atoms with van der Waals surface area (Å²) < 4.78 is 0. The first kappa shape index (κ1) is 14.5. The van der Waals surface area contributed by atoms with Gasteiger partial charge in [0, 0.05) is 12.2 Å². The third kappa shape index (κ3) is 3.57. The number of benzene rings is 1. The minimum atomic E-state index is -0.932. The van der Waals surface area contributed by atoms with Gasteiger partial charge in [-0.05, 0) is 44.2 Å². The van der Waals surface area contributed by atoms with E-state index in [0.29, 0.717) is 5.69 Å². The van der Waals surface area contributed by atoms with Gasteiger partial charge in [0.05, 0.1) is 5.60 Å². The summed E-state index contributed by atoms with van der Waals surface area (Å²) >= 11 is 0. The van der Waals surface area contributed by atoms with Crippen molar-refractivity contribution in [3.63, 3.8) is 0 Å². The van der Waals surface area contributed by atoms with Gasteiger partial charge < -0.3 is 15.7 Å². The molecule has 5 nitrogen and oxygen atoms in total. The molecule has 1 unspecified atom stereocenters. The first-order chi connectivity index (χ1) is 9.40. The highest BCUT2D eigenvalue weighted by Gasteiger charge is 2.40. The minimum absolute atomic E-state index is 0.0949. The Morgan fingerprint density at radius 2 is 1.95 bits per heavy atom. The zero-order chi connectivity index (χ0) is 14.8. The SMILES string of the molecule is Cc1ccccc1NC(=O)C(=O)NCC(C)(O)C1CC1. The van der Waals surface area contributed by atoms with Crippen LogP contribution in [0.1, 0.15) is 25.3 Å². The van der Waals surface area contributed by atoms with E-state index in [2.05, 4.69) is 10.6 Å². The molecule has 1 aliphatic carbocycles. The highest BCUT2D eigenvalue weighted by Crippen LogP contribution is 2.38. The molecule has 0 radical (unpaired) electrons. The van der Waals surface area contributed by atoms with Gasteiger partial charge in [0.2, 0.25) is 0 Å². The molecule has 1 aromatic carbocycles. The van der Waals surface area contributed by atoms with Gasteiger partial charge in [-0.2, -0.15) is 0 Å². The van der Waals surface area contributed by atoms with Crippen LogP contribution in [0.4, 0.5) is 5.69 Å². The normalized spacial score (nSPS) is 17.1. The molecule has 2 rings (SSSR count). The Labute approximate surface area is 118 Å². The third-order valence-electron chi connectivity index (χ3n) is 3.66. The van der Waals surface area contributed by atoms with Crippen LogP contribution in [0.2, 0.25) is 0 Å². The fourth-order valence-electron chi connectivity index (χ4n) is 2.08. The molecule has 3 N–H and O–H groups in total. The second kappa shape index (κ2) is 5.63. The molecule has 0 saturated heterocycles. The average Bonchev–Trinajstić information content (AvgIpc) is 3.23. The Kier molecular flexibility index (Phi) is 4.09. The minimum Gasteiger partial charge on any atom is -0.388 e. The van der Waals surface area contributed by atoms with Gasteiger partial charge in [-0.3, -0.25) is 9.59 Å². The van der Waals surface area contributed by atoms with Crippen molar-refractivity contribution in [2.45, 2.75) is 32.3 Å². The number of nitrogens with one attached hydrogen (secondary N) is 2. The van der Waals surface area contributed by atoms with Crippen molar-refractivity contribution < 1.29 is 14.7 Å². The Bertz CT molecular complexity index is 522. The molecular weight excluding hydrogens is 256 g/mol. The summed E-state index contributed by atoms with van der Waals surface area (Å²) in [4.78, 5) is 23.5. The summed E-state index contributed by atoms with van der Waals surface area (Å²) in [6, 6.07) is 7.24. The molecule has 0 aliphatic heterocycles. The van der Waals surface area contributed by atoms with E-state index >= 15 is 0 Å². The number of aliphatic hydroxyl groups is 1. The molecule has 1 aromatic rings. The van der Waals surface area contributed by atoms with E-state index in [1.807, 2.05) is 19.1 Å². The summed E-state index contributed by atoms with van der Waals surface area (Å²) in [7, 11) is 0. The lowest BCUT2D eigenvalue weighted by Crippen LogP contribution is -2.45. The highest BCUT2D eigenvalue weighted by molar-refractivity contribution is 6.39. The van der Waals surface area contributed by atoms with E-state index in [1.165, 1.54) is 0 Å². The standard InChI is InChI=1S/C15H20N2O3/c1-10-5-3-4-6-12(10)17-14(19)13(18)16-9-15(2,20)11-7-8-11/h3-6,11,20H,7-9H2,1-2H3,(H,16,18)(H,17,19). The third-order valence-corrected chi connectivity index (χ3v) is 3.66. The van der Waals surface area contributed by atoms with Crippen molar-refractivity contribution in [3.8, 4) is 0 Å². The van der Waals surface area contributed by atoms with Crippen LogP contribution in [0.15, 0.2) is 24.3 Å². The zero-order valence-electron chi connectivity index (χ0n) is 11.8. The Balaban J connectivity index is 1.86. The zero-order valence-corrected chi connectivity index (χ0v) is 11.8. The van der Waals surface area contributed by atoms with Crippen LogP contribution < -0.4 is 10.6 Å². The number of amides is 2. The molecule has 20 heavy (non-hydrogen) atoms. The summed E-state index contributed by atoms with van der Waals surface area (Å²) in [6.45, 7) is 3.63. The molecular formula is C15H20N2O3. The maximum atomic E-state index is 11.8. The Morgan fingerprint density at radius 1 is 1.30 bits per heavy atom. The number of carbonyl (C=O) groups excluding carboxylic acids is 2. The maximum absolute atomic E-state index is 11.8. The van der Waals surface area contributed by atoms with Gasteiger partial charge in [0.1, 0.15) is 0 Å². The number of hydrogen-bond donors (Lipinski definition) is 3. The van der Waals surface area contributed by atoms with Gasteiger partial charge in [-0.15, -0.1) is 0 Å². The molecule has 0 bridgehead atoms. The number of para-hydroxylation sites is 1. The molecule has 5 heteroatoms. The van der Waals surface area contributed by atoms with E-state index in [1.54, 1.807) is 19.1 Å². The maximum Gasteiger partial charge on any atom is 0.313 e. The first-order valence-corrected chi connectivity index (χ1v) is 6.77. The number of anilines is 1. The van der Waals surface area contributed by atoms with Gasteiger partial charge in [-0.25, -0.2) is 0 Å². The smallest absolute Gasteiger partial charge is 0.313 e. The lowest BCUT2D eigenvalue weighted by molar-refractivity contribution is -0.136. The molecule has 1 aliphatic rings. The molecule has 1 atom stereocenters. The predicted octanol–water partition coefficient (Wildman–Crippen LogP) is 1.21. The van der Waals surface area contributed by atoms with Gasteiger partial charge in [-0.1, -0.05) is 18.2 Å². The van der Waals surface area contributed by atoms with E-state index < -0.39 is 17.4 Å². The molecule has 0 spiro atoms. The Morgan fingerprint density at radius 3 is 2.55 bits per heavy atom. The molecule has 1 saturated carbocycles. The fourth-order valence-corrected chi connectivity index (χ4v) is 2.08. The van der Waals surface area contributed by atoms with Crippen molar-refractivity contribution in [3.05, 3.63) is 29.8 Å². The second-order valence-electron chi connectivity index (χ2n) is 5.58. The van der Waals surface area contributed by atoms with Crippen LogP contribution in [-0.2, 0) is 9.59 Å². The molecule has 108 valence electrons. The van der Waals surface area contributed by atoms with Crippen molar-refractivity contribution in [1.29, 1.82) is 0 Å². The lowest BCUT2D eigenvalue weighted by Gasteiger charge is -2.23. The number of rotatable bonds is 4. The van der Waals surface area contributed by atoms with Crippen LogP contribution in [-0.4, -0.2) is 29.1 Å². The van der Waals surface area contributed by atoms with Crippen LogP contribution in [0.3, 0.4) is 0 Å². The highest BCUT2D eigenvalue weighted by atomic mass is 16.3. The quantitative estimate of drug-likeness (QED) is 0.723. The van der Waals surface area contributed by atoms with E-state index in [9.17, 15) is 14.7 Å². The van der Waals surface area contributed by atoms with Crippen molar-refractivity contribution >= 4 is 17.5 Å². The molecule has 0 aromatic heterocycles. The number of hydrogen-bond acceptors (Lipinski definition) is 3. The van der Waals surface area contributed by atoms with Crippen molar-refractivity contribution in [1.82, 2.24) is 5.32 Å². The molecule has 2 amide bonds. The predicted molar refractivity (Wildman–Crippen MR) is 76.2 cm³/mol. The van der Waals surface area contributed by atoms with Gasteiger partial charge in [0.25, 0.3) is 0 Å². The second-order valence-corrected chi connectivity index (χ2v) is 5.58. The largest absolute Gasteiger partial charge is 0.388 e. The number of carbonyl (C=O) groups is 2. The first-order valence-electron chi connectivity index (χ1n) is 6.77. The van der Waals surface area contributed by atoms with Crippen molar-refractivity contribution in [2.75, 3.05) is 11.9 Å². The number of aryl methyl sites for hydroxylation is 1. The van der Waals surface area contributed by atoms with Crippen LogP contribution >= 0.6 is 0 Å². The summed E-state index contributed by atoms with van der Waals surface area (Å²) in [6.07, 6.45) is 1.94. The van der Waals surface area contributed by atoms with Gasteiger partial charge in [0.15, 0.2) is 0 Å². The van der Waals surface area contributed by atoms with Crippen LogP contribution in [0.25, 0.3) is 0 Å². The Hall–Kier alpha value is -1.88. The summed E-state index contributed by atoms with van der Waals surface area (Å²) in [5, 5.41) is 15.1. The topological polar surface area (TPSA) is 78.4 Å². The van der Waals surface area contributed by atoms with Crippen LogP contribution in [0.5, 0.6) is 0 Å². The lowest BCUT2D eigenvalue weighted by atomic mass is 10.0. The van der Waals surface area contributed by atoms with E-state index in [-0.39, 0.29) is 12.5 Å². The molecule has 1 fully saturated rings. The average molecular weight is 276 g/mol. The van der Waals surface area contributed by atoms with Gasteiger partial charge >= 0.3 is 11.8 Å². The van der Waals surface area contributed by atoms with E-state index in [4.69, 9.17) is 0 Å². The summed E-state index contributed by atoms with van der Waals surface area (Å²) in [5.41, 5.74) is 0.568. The van der Waals surface area contributed by atoms with Crippen molar-refractivity contribution in [2.24, 2.45) is 5.92 Å².